The van der Waals surface area contributed by atoms with Gasteiger partial charge in [-0.15, -0.1) is 0 Å². The van der Waals surface area contributed by atoms with Crippen molar-refractivity contribution in [1.82, 2.24) is 0 Å². The zero-order valence-corrected chi connectivity index (χ0v) is 45.4. The normalized spacial score (nSPS) is 13.2. The third kappa shape index (κ3) is 56.1. The Kier molecular flexibility index (Phi) is 54.0. The summed E-state index contributed by atoms with van der Waals surface area (Å²) < 4.78 is 16.7. The van der Waals surface area contributed by atoms with Crippen molar-refractivity contribution in [1.29, 1.82) is 0 Å². The van der Waals surface area contributed by atoms with Crippen LogP contribution in [0.4, 0.5) is 0 Å². The number of rotatable bonds is 49. The van der Waals surface area contributed by atoms with E-state index in [0.29, 0.717) is 12.8 Å². The molecule has 0 radical (unpaired) electrons. The second kappa shape index (κ2) is 57.9. The van der Waals surface area contributed by atoms with Crippen molar-refractivity contribution in [2.24, 2.45) is 0 Å². The molecule has 0 saturated heterocycles. The average Bonchev–Trinajstić information content (AvgIpc) is 3.37. The molecule has 1 atom stereocenters. The second-order valence-electron chi connectivity index (χ2n) is 18.1. The van der Waals surface area contributed by atoms with Crippen molar-refractivity contribution in [2.45, 2.75) is 232 Å². The van der Waals surface area contributed by atoms with Crippen LogP contribution in [0.1, 0.15) is 226 Å². The molecule has 0 aromatic heterocycles. The molecule has 71 heavy (non-hydrogen) atoms. The van der Waals surface area contributed by atoms with Gasteiger partial charge in [0, 0.05) is 19.3 Å². The summed E-state index contributed by atoms with van der Waals surface area (Å²) in [5.41, 5.74) is 0. The van der Waals surface area contributed by atoms with Crippen molar-refractivity contribution < 1.29 is 28.6 Å². The Hall–Kier alpha value is -4.71. The van der Waals surface area contributed by atoms with E-state index in [4.69, 9.17) is 14.2 Å². The first-order valence-electron chi connectivity index (χ1n) is 28.3. The highest BCUT2D eigenvalue weighted by Gasteiger charge is 2.19. The third-order valence-electron chi connectivity index (χ3n) is 11.3. The number of esters is 3. The molecule has 6 nitrogen and oxygen atoms in total. The van der Waals surface area contributed by atoms with Crippen LogP contribution in [-0.2, 0) is 28.6 Å². The van der Waals surface area contributed by atoms with Gasteiger partial charge in [0.1, 0.15) is 13.2 Å². The van der Waals surface area contributed by atoms with Crippen molar-refractivity contribution in [3.05, 3.63) is 146 Å². The molecule has 0 unspecified atom stereocenters. The standard InChI is InChI=1S/C65H102O6/c1-4-7-10-13-16-19-22-25-28-31-32-35-37-40-43-46-49-52-55-58-64(67)70-61-62(71-65(68)59-56-53-50-47-44-41-38-34-30-27-24-21-18-15-12-9-6-3)60-69-63(66)57-54-51-48-45-42-39-36-33-29-26-23-20-17-14-11-8-5-2/h8,11,16-21,25-30,32,35-36,39-40,43,45,48-49,52,62H,4-7,9-10,12-15,22-24,31,33-34,37-38,41-42,44,46-47,50-51,53-61H2,1-3H3/b11-8-,19-16-,20-17-,21-18-,28-25-,29-26-,30-27-,35-32-,39-36-,43-40-,48-45-,52-49-/t62-/m1/s1. The Balaban J connectivity index is 4.63. The fraction of sp³-hybridized carbons (Fsp3) is 0.585. The van der Waals surface area contributed by atoms with E-state index in [2.05, 4.69) is 154 Å². The van der Waals surface area contributed by atoms with Crippen LogP contribution < -0.4 is 0 Å². The number of allylic oxidation sites excluding steroid dienone is 24. The number of hydrogen-bond acceptors (Lipinski definition) is 6. The number of unbranched alkanes of at least 4 members (excludes halogenated alkanes) is 14. The van der Waals surface area contributed by atoms with Crippen molar-refractivity contribution in [2.75, 3.05) is 13.2 Å². The Morgan fingerprint density at radius 1 is 0.296 bits per heavy atom. The summed E-state index contributed by atoms with van der Waals surface area (Å²) in [6.07, 6.45) is 82.8. The summed E-state index contributed by atoms with van der Waals surface area (Å²) in [5.74, 6) is -1.09. The lowest BCUT2D eigenvalue weighted by Gasteiger charge is -2.18. The quantitative estimate of drug-likeness (QED) is 0.0262. The summed E-state index contributed by atoms with van der Waals surface area (Å²) in [6.45, 7) is 6.34. The van der Waals surface area contributed by atoms with Crippen LogP contribution in [0.3, 0.4) is 0 Å². The Bertz CT molecular complexity index is 1590. The maximum Gasteiger partial charge on any atom is 0.306 e. The van der Waals surface area contributed by atoms with Crippen molar-refractivity contribution in [3.8, 4) is 0 Å². The first kappa shape index (κ1) is 66.3. The fourth-order valence-corrected chi connectivity index (χ4v) is 7.08. The number of ether oxygens (including phenoxy) is 3. The molecular weight excluding hydrogens is 877 g/mol. The minimum absolute atomic E-state index is 0.139. The Labute approximate surface area is 436 Å². The zero-order chi connectivity index (χ0) is 51.4. The second-order valence-corrected chi connectivity index (χ2v) is 18.1. The Morgan fingerprint density at radius 2 is 0.592 bits per heavy atom. The molecule has 0 aliphatic rings. The van der Waals surface area contributed by atoms with Gasteiger partial charge in [0.05, 0.1) is 0 Å². The van der Waals surface area contributed by atoms with E-state index in [1.807, 2.05) is 12.2 Å². The summed E-state index contributed by atoms with van der Waals surface area (Å²) >= 11 is 0. The molecule has 398 valence electrons. The minimum Gasteiger partial charge on any atom is -0.462 e. The van der Waals surface area contributed by atoms with Crippen molar-refractivity contribution >= 4 is 17.9 Å². The molecule has 0 amide bonds. The van der Waals surface area contributed by atoms with E-state index in [1.54, 1.807) is 0 Å². The van der Waals surface area contributed by atoms with Crippen LogP contribution in [0.15, 0.2) is 146 Å². The highest BCUT2D eigenvalue weighted by atomic mass is 16.6. The first-order valence-corrected chi connectivity index (χ1v) is 28.3. The molecule has 0 rings (SSSR count). The van der Waals surface area contributed by atoms with Gasteiger partial charge in [-0.3, -0.25) is 14.4 Å². The molecule has 0 N–H and O–H groups in total. The van der Waals surface area contributed by atoms with E-state index in [9.17, 15) is 14.4 Å². The van der Waals surface area contributed by atoms with Crippen LogP contribution >= 0.6 is 0 Å². The lowest BCUT2D eigenvalue weighted by atomic mass is 10.1. The van der Waals surface area contributed by atoms with Crippen molar-refractivity contribution in [3.63, 3.8) is 0 Å². The molecule has 0 heterocycles. The molecule has 0 aliphatic carbocycles. The molecule has 6 heteroatoms. The predicted octanol–water partition coefficient (Wildman–Crippen LogP) is 19.2. The van der Waals surface area contributed by atoms with Crippen LogP contribution in [0.2, 0.25) is 0 Å². The minimum atomic E-state index is -0.842. The van der Waals surface area contributed by atoms with E-state index in [-0.39, 0.29) is 50.4 Å². The van der Waals surface area contributed by atoms with Gasteiger partial charge in [0.15, 0.2) is 6.10 Å². The molecule has 0 aromatic carbocycles. The van der Waals surface area contributed by atoms with Gasteiger partial charge in [-0.2, -0.15) is 0 Å². The fourth-order valence-electron chi connectivity index (χ4n) is 7.08. The smallest absolute Gasteiger partial charge is 0.306 e. The first-order chi connectivity index (χ1) is 35.0. The molecule has 0 aromatic rings. The maximum absolute atomic E-state index is 12.9. The molecule has 0 bridgehead atoms. The van der Waals surface area contributed by atoms with Gasteiger partial charge in [-0.05, 0) is 128 Å². The highest BCUT2D eigenvalue weighted by molar-refractivity contribution is 5.71. The molecule has 0 spiro atoms. The van der Waals surface area contributed by atoms with Gasteiger partial charge in [0.2, 0.25) is 0 Å². The van der Waals surface area contributed by atoms with Crippen LogP contribution in [0.25, 0.3) is 0 Å². The predicted molar refractivity (Wildman–Crippen MR) is 306 cm³/mol. The van der Waals surface area contributed by atoms with E-state index < -0.39 is 6.10 Å². The summed E-state index contributed by atoms with van der Waals surface area (Å²) in [6, 6.07) is 0. The summed E-state index contributed by atoms with van der Waals surface area (Å²) in [5, 5.41) is 0. The van der Waals surface area contributed by atoms with E-state index >= 15 is 0 Å². The average molecular weight is 980 g/mol. The van der Waals surface area contributed by atoms with Gasteiger partial charge in [-0.25, -0.2) is 0 Å². The van der Waals surface area contributed by atoms with Crippen LogP contribution in [0, 0.1) is 0 Å². The molecular formula is C65H102O6. The van der Waals surface area contributed by atoms with E-state index in [0.717, 1.165) is 103 Å². The van der Waals surface area contributed by atoms with Gasteiger partial charge in [-0.1, -0.05) is 224 Å². The van der Waals surface area contributed by atoms with Crippen LogP contribution in [0.5, 0.6) is 0 Å². The molecule has 0 aliphatic heterocycles. The van der Waals surface area contributed by atoms with Gasteiger partial charge in [0.25, 0.3) is 0 Å². The summed E-state index contributed by atoms with van der Waals surface area (Å²) in [7, 11) is 0. The number of hydrogen-bond donors (Lipinski definition) is 0. The lowest BCUT2D eigenvalue weighted by molar-refractivity contribution is -0.166. The molecule has 0 fully saturated rings. The highest BCUT2D eigenvalue weighted by Crippen LogP contribution is 2.12. The van der Waals surface area contributed by atoms with Crippen LogP contribution in [-0.4, -0.2) is 37.2 Å². The van der Waals surface area contributed by atoms with Gasteiger partial charge < -0.3 is 14.2 Å². The Morgan fingerprint density at radius 3 is 0.986 bits per heavy atom. The van der Waals surface area contributed by atoms with Gasteiger partial charge >= 0.3 is 17.9 Å². The number of carbonyl (C=O) groups excluding carboxylic acids is 3. The van der Waals surface area contributed by atoms with E-state index in [1.165, 1.54) is 70.6 Å². The largest absolute Gasteiger partial charge is 0.462 e. The SMILES string of the molecule is CC/C=C\C/C=C\C/C=C\C/C=C\C/C=C\CCCC(=O)OC[C@H](COC(=O)CC/C=C\C/C=C\C/C=C\C/C=C\C/C=C\CCCCC)OC(=O)CCCCCCCCC/C=C\C/C=C\CCCCC. The lowest BCUT2D eigenvalue weighted by Crippen LogP contribution is -2.30. The number of carbonyl (C=O) groups is 3. The third-order valence-corrected chi connectivity index (χ3v) is 11.3. The topological polar surface area (TPSA) is 78.9 Å². The zero-order valence-electron chi connectivity index (χ0n) is 45.4. The summed E-state index contributed by atoms with van der Waals surface area (Å²) in [4.78, 5) is 38.1. The maximum atomic E-state index is 12.9. The molecule has 0 saturated carbocycles. The monoisotopic (exact) mass is 979 g/mol.